The predicted molar refractivity (Wildman–Crippen MR) is 106 cm³/mol. The molecule has 1 heterocycles. The van der Waals surface area contributed by atoms with E-state index in [1.165, 1.54) is 0 Å². The zero-order valence-electron chi connectivity index (χ0n) is 14.9. The number of rotatable bonds is 6. The number of aryl methyl sites for hydroxylation is 1. The van der Waals surface area contributed by atoms with Gasteiger partial charge in [-0.25, -0.2) is 0 Å². The Balaban J connectivity index is 1.85. The van der Waals surface area contributed by atoms with Crippen LogP contribution in [0.4, 0.5) is 5.69 Å². The molecule has 26 heavy (non-hydrogen) atoms. The van der Waals surface area contributed by atoms with Gasteiger partial charge in [-0.3, -0.25) is 9.59 Å². The molecule has 0 bridgehead atoms. The van der Waals surface area contributed by atoms with Crippen molar-refractivity contribution in [3.05, 3.63) is 64.8 Å². The molecule has 0 radical (unpaired) electrons. The zero-order valence-corrected chi connectivity index (χ0v) is 15.6. The van der Waals surface area contributed by atoms with Crippen LogP contribution in [0.5, 0.6) is 0 Å². The lowest BCUT2D eigenvalue weighted by atomic mass is 10.1. The van der Waals surface area contributed by atoms with E-state index in [1.807, 2.05) is 54.8 Å². The molecule has 4 nitrogen and oxygen atoms in total. The Labute approximate surface area is 157 Å². The van der Waals surface area contributed by atoms with Crippen LogP contribution >= 0.6 is 11.6 Å². The number of para-hydroxylation sites is 1. The molecule has 5 heteroatoms. The van der Waals surface area contributed by atoms with Crippen molar-refractivity contribution in [3.8, 4) is 0 Å². The van der Waals surface area contributed by atoms with E-state index < -0.39 is 0 Å². The topological polar surface area (TPSA) is 51.1 Å². The van der Waals surface area contributed by atoms with Crippen molar-refractivity contribution in [2.75, 3.05) is 5.32 Å². The van der Waals surface area contributed by atoms with Crippen molar-refractivity contribution in [1.29, 1.82) is 0 Å². The van der Waals surface area contributed by atoms with Gasteiger partial charge in [-0.15, -0.1) is 0 Å². The molecule has 1 N–H and O–H groups in total. The van der Waals surface area contributed by atoms with Gasteiger partial charge in [0.1, 0.15) is 6.54 Å². The van der Waals surface area contributed by atoms with Gasteiger partial charge in [0, 0.05) is 39.8 Å². The lowest BCUT2D eigenvalue weighted by Crippen LogP contribution is -2.18. The van der Waals surface area contributed by atoms with Gasteiger partial charge in [-0.1, -0.05) is 42.8 Å². The summed E-state index contributed by atoms with van der Waals surface area (Å²) in [6, 6.07) is 13.1. The lowest BCUT2D eigenvalue weighted by molar-refractivity contribution is -0.116. The summed E-state index contributed by atoms with van der Waals surface area (Å²) in [5.74, 6) is -0.0617. The second-order valence-electron chi connectivity index (χ2n) is 6.37. The van der Waals surface area contributed by atoms with Crippen molar-refractivity contribution in [2.24, 2.45) is 0 Å². The Morgan fingerprint density at radius 2 is 1.92 bits per heavy atom. The molecule has 0 aliphatic carbocycles. The summed E-state index contributed by atoms with van der Waals surface area (Å²) < 4.78 is 1.82. The third-order valence-corrected chi connectivity index (χ3v) is 4.74. The van der Waals surface area contributed by atoms with E-state index in [-0.39, 0.29) is 18.2 Å². The van der Waals surface area contributed by atoms with Crippen molar-refractivity contribution < 1.29 is 9.59 Å². The van der Waals surface area contributed by atoms with Crippen LogP contribution in [0.3, 0.4) is 0 Å². The molecule has 1 aromatic heterocycles. The molecule has 2 aromatic carbocycles. The standard InChI is InChI=1S/C21H21ClN2O2/c1-3-6-20(25)17-12-24(19-8-5-4-7-16(17)19)13-21(26)23-15-10-9-14(2)18(22)11-15/h4-5,7-12H,3,6,13H2,1-2H3,(H,23,26). The predicted octanol–water partition coefficient (Wildman–Crippen LogP) is 5.22. The fourth-order valence-electron chi connectivity index (χ4n) is 2.99. The minimum absolute atomic E-state index is 0.105. The van der Waals surface area contributed by atoms with Gasteiger partial charge in [0.05, 0.1) is 0 Å². The summed E-state index contributed by atoms with van der Waals surface area (Å²) in [6.07, 6.45) is 3.08. The maximum atomic E-state index is 12.5. The molecule has 0 aliphatic rings. The Hall–Kier alpha value is -2.59. The van der Waals surface area contributed by atoms with Crippen LogP contribution in [0, 0.1) is 6.92 Å². The van der Waals surface area contributed by atoms with Crippen LogP contribution in [0.2, 0.25) is 5.02 Å². The Kier molecular flexibility index (Phi) is 5.43. The molecular formula is C21H21ClN2O2. The number of ketones is 1. The van der Waals surface area contributed by atoms with E-state index in [1.54, 1.807) is 12.3 Å². The van der Waals surface area contributed by atoms with E-state index in [9.17, 15) is 9.59 Å². The number of benzene rings is 2. The number of halogens is 1. The van der Waals surface area contributed by atoms with Crippen molar-refractivity contribution >= 4 is 39.9 Å². The minimum Gasteiger partial charge on any atom is -0.337 e. The summed E-state index contributed by atoms with van der Waals surface area (Å²) in [6.45, 7) is 4.03. The second kappa shape index (κ2) is 7.75. The number of anilines is 1. The number of fused-ring (bicyclic) bond motifs is 1. The number of nitrogens with zero attached hydrogens (tertiary/aromatic N) is 1. The van der Waals surface area contributed by atoms with Crippen molar-refractivity contribution in [1.82, 2.24) is 4.57 Å². The SMILES string of the molecule is CCCC(=O)c1cn(CC(=O)Nc2ccc(C)c(Cl)c2)c2ccccc12. The third kappa shape index (κ3) is 3.81. The monoisotopic (exact) mass is 368 g/mol. The molecule has 1 amide bonds. The molecule has 0 saturated heterocycles. The van der Waals surface area contributed by atoms with Crippen LogP contribution in [-0.4, -0.2) is 16.3 Å². The number of Topliss-reactive ketones (excluding diaryl/α,β-unsaturated/α-hetero) is 1. The Morgan fingerprint density at radius 1 is 1.15 bits per heavy atom. The molecule has 0 spiro atoms. The van der Waals surface area contributed by atoms with Crippen molar-refractivity contribution in [3.63, 3.8) is 0 Å². The minimum atomic E-state index is -0.167. The summed E-state index contributed by atoms with van der Waals surface area (Å²) >= 11 is 6.11. The number of aromatic nitrogens is 1. The molecule has 0 fully saturated rings. The van der Waals surface area contributed by atoms with Gasteiger partial charge < -0.3 is 9.88 Å². The quantitative estimate of drug-likeness (QED) is 0.606. The summed E-state index contributed by atoms with van der Waals surface area (Å²) in [5.41, 5.74) is 3.17. The third-order valence-electron chi connectivity index (χ3n) is 4.34. The number of hydrogen-bond acceptors (Lipinski definition) is 2. The lowest BCUT2D eigenvalue weighted by Gasteiger charge is -2.08. The zero-order chi connectivity index (χ0) is 18.7. The van der Waals surface area contributed by atoms with Gasteiger partial charge in [0.15, 0.2) is 5.78 Å². The maximum Gasteiger partial charge on any atom is 0.244 e. The molecule has 3 rings (SSSR count). The highest BCUT2D eigenvalue weighted by atomic mass is 35.5. The first kappa shape index (κ1) is 18.2. The smallest absolute Gasteiger partial charge is 0.244 e. The van der Waals surface area contributed by atoms with Gasteiger partial charge in [0.25, 0.3) is 0 Å². The van der Waals surface area contributed by atoms with Gasteiger partial charge >= 0.3 is 0 Å². The molecule has 0 unspecified atom stereocenters. The van der Waals surface area contributed by atoms with E-state index in [0.717, 1.165) is 22.9 Å². The molecular weight excluding hydrogens is 348 g/mol. The summed E-state index contributed by atoms with van der Waals surface area (Å²) in [7, 11) is 0. The number of carbonyl (C=O) groups excluding carboxylic acids is 2. The Morgan fingerprint density at radius 3 is 2.65 bits per heavy atom. The van der Waals surface area contributed by atoms with E-state index >= 15 is 0 Å². The summed E-state index contributed by atoms with van der Waals surface area (Å²) in [4.78, 5) is 24.9. The number of hydrogen-bond donors (Lipinski definition) is 1. The normalized spacial score (nSPS) is 10.9. The van der Waals surface area contributed by atoms with Crippen LogP contribution in [0.25, 0.3) is 10.9 Å². The second-order valence-corrected chi connectivity index (χ2v) is 6.78. The number of amides is 1. The molecule has 134 valence electrons. The largest absolute Gasteiger partial charge is 0.337 e. The molecule has 0 aliphatic heterocycles. The van der Waals surface area contributed by atoms with Crippen molar-refractivity contribution in [2.45, 2.75) is 33.2 Å². The Bertz CT molecular complexity index is 975. The fourth-order valence-corrected chi connectivity index (χ4v) is 3.17. The number of carbonyl (C=O) groups is 2. The van der Waals surface area contributed by atoms with Gasteiger partial charge in [-0.2, -0.15) is 0 Å². The fraction of sp³-hybridized carbons (Fsp3) is 0.238. The van der Waals surface area contributed by atoms with Gasteiger partial charge in [0.2, 0.25) is 5.91 Å². The summed E-state index contributed by atoms with van der Waals surface area (Å²) in [5, 5.41) is 4.36. The van der Waals surface area contributed by atoms with E-state index in [4.69, 9.17) is 11.6 Å². The number of nitrogens with one attached hydrogen (secondary N) is 1. The molecule has 0 saturated carbocycles. The first-order chi connectivity index (χ1) is 12.5. The van der Waals surface area contributed by atoms with Gasteiger partial charge in [-0.05, 0) is 37.1 Å². The highest BCUT2D eigenvalue weighted by Gasteiger charge is 2.15. The van der Waals surface area contributed by atoms with Crippen LogP contribution in [0.1, 0.15) is 35.7 Å². The van der Waals surface area contributed by atoms with E-state index in [2.05, 4.69) is 5.32 Å². The van der Waals surface area contributed by atoms with Crippen LogP contribution in [0.15, 0.2) is 48.7 Å². The van der Waals surface area contributed by atoms with E-state index in [0.29, 0.717) is 22.7 Å². The molecule has 3 aromatic rings. The average molecular weight is 369 g/mol. The maximum absolute atomic E-state index is 12.5. The molecule has 0 atom stereocenters. The van der Waals surface area contributed by atoms with Crippen LogP contribution in [-0.2, 0) is 11.3 Å². The van der Waals surface area contributed by atoms with Crippen LogP contribution < -0.4 is 5.32 Å². The first-order valence-electron chi connectivity index (χ1n) is 8.66. The highest BCUT2D eigenvalue weighted by Crippen LogP contribution is 2.24. The average Bonchev–Trinajstić information content (AvgIpc) is 2.97. The first-order valence-corrected chi connectivity index (χ1v) is 9.04. The highest BCUT2D eigenvalue weighted by molar-refractivity contribution is 6.31.